The SMILES string of the molecule is Cc1cc2ncc(C(=O)N3CC[C@]4(CCCN(CC5CC5)C4=O)C3)c(=O)n2[nH]1. The normalized spacial score (nSPS) is 25.2. The van der Waals surface area contributed by atoms with E-state index >= 15 is 0 Å². The van der Waals surface area contributed by atoms with Crippen molar-refractivity contribution in [1.82, 2.24) is 24.4 Å². The molecule has 8 heteroatoms. The Balaban J connectivity index is 1.38. The summed E-state index contributed by atoms with van der Waals surface area (Å²) in [4.78, 5) is 46.9. The molecule has 28 heavy (non-hydrogen) atoms. The molecule has 4 heterocycles. The van der Waals surface area contributed by atoms with Crippen LogP contribution in [0, 0.1) is 18.3 Å². The summed E-state index contributed by atoms with van der Waals surface area (Å²) in [7, 11) is 0. The van der Waals surface area contributed by atoms with E-state index in [2.05, 4.69) is 10.1 Å². The van der Waals surface area contributed by atoms with Crippen LogP contribution >= 0.6 is 0 Å². The molecule has 2 aromatic rings. The van der Waals surface area contributed by atoms with Crippen molar-refractivity contribution in [3.63, 3.8) is 0 Å². The maximum Gasteiger partial charge on any atom is 0.285 e. The Bertz CT molecular complexity index is 1020. The van der Waals surface area contributed by atoms with Gasteiger partial charge in [-0.3, -0.25) is 19.5 Å². The summed E-state index contributed by atoms with van der Waals surface area (Å²) >= 11 is 0. The Morgan fingerprint density at radius 2 is 2.11 bits per heavy atom. The molecule has 1 atom stereocenters. The topological polar surface area (TPSA) is 90.8 Å². The number of nitrogens with one attached hydrogen (secondary N) is 1. The van der Waals surface area contributed by atoms with Gasteiger partial charge in [0.05, 0.1) is 5.41 Å². The van der Waals surface area contributed by atoms with Crippen molar-refractivity contribution in [2.24, 2.45) is 11.3 Å². The Hall–Kier alpha value is -2.64. The molecule has 3 fully saturated rings. The van der Waals surface area contributed by atoms with Crippen molar-refractivity contribution in [3.8, 4) is 0 Å². The van der Waals surface area contributed by atoms with Crippen molar-refractivity contribution < 1.29 is 9.59 Å². The van der Waals surface area contributed by atoms with E-state index in [1.54, 1.807) is 11.0 Å². The fourth-order valence-electron chi connectivity index (χ4n) is 4.76. The van der Waals surface area contributed by atoms with Gasteiger partial charge in [-0.1, -0.05) is 0 Å². The first-order valence-corrected chi connectivity index (χ1v) is 10.1. The molecule has 2 amide bonds. The van der Waals surface area contributed by atoms with Gasteiger partial charge >= 0.3 is 0 Å². The highest BCUT2D eigenvalue weighted by atomic mass is 16.2. The number of aromatic amines is 1. The quantitative estimate of drug-likeness (QED) is 0.862. The number of carbonyl (C=O) groups is 2. The number of aromatic nitrogens is 3. The number of aryl methyl sites for hydroxylation is 1. The highest BCUT2D eigenvalue weighted by Gasteiger charge is 2.50. The standard InChI is InChI=1S/C20H25N5O3/c1-13-9-16-21-10-15(18(27)25(16)22-13)17(26)24-8-6-20(12-24)5-2-7-23(19(20)28)11-14-3-4-14/h9-10,14,22H,2-8,11-12H2,1H3/t20-/m1/s1. The molecule has 148 valence electrons. The zero-order valence-corrected chi connectivity index (χ0v) is 16.1. The number of amides is 2. The number of carbonyl (C=O) groups excluding carboxylic acids is 2. The van der Waals surface area contributed by atoms with Crippen LogP contribution in [0.15, 0.2) is 17.1 Å². The molecular formula is C20H25N5O3. The summed E-state index contributed by atoms with van der Waals surface area (Å²) < 4.78 is 1.30. The molecule has 1 N–H and O–H groups in total. The number of likely N-dealkylation sites (tertiary alicyclic amines) is 2. The summed E-state index contributed by atoms with van der Waals surface area (Å²) in [6, 6.07) is 1.76. The Morgan fingerprint density at radius 3 is 2.89 bits per heavy atom. The van der Waals surface area contributed by atoms with Gasteiger partial charge in [-0.25, -0.2) is 9.50 Å². The van der Waals surface area contributed by atoms with E-state index in [0.717, 1.165) is 31.6 Å². The Labute approximate surface area is 162 Å². The number of nitrogens with zero attached hydrogens (tertiary/aromatic N) is 4. The lowest BCUT2D eigenvalue weighted by Crippen LogP contribution is -2.51. The number of rotatable bonds is 3. The van der Waals surface area contributed by atoms with Gasteiger partial charge in [-0.15, -0.1) is 0 Å². The molecule has 3 aliphatic rings. The van der Waals surface area contributed by atoms with Crippen molar-refractivity contribution >= 4 is 17.5 Å². The second kappa shape index (κ2) is 6.18. The Morgan fingerprint density at radius 1 is 1.29 bits per heavy atom. The first-order valence-electron chi connectivity index (χ1n) is 10.1. The molecule has 2 aliphatic heterocycles. The fraction of sp³-hybridized carbons (Fsp3) is 0.600. The number of hydrogen-bond donors (Lipinski definition) is 1. The molecule has 1 saturated carbocycles. The van der Waals surface area contributed by atoms with E-state index in [9.17, 15) is 14.4 Å². The predicted octanol–water partition coefficient (Wildman–Crippen LogP) is 1.20. The van der Waals surface area contributed by atoms with E-state index in [0.29, 0.717) is 31.1 Å². The van der Waals surface area contributed by atoms with E-state index in [-0.39, 0.29) is 17.4 Å². The highest BCUT2D eigenvalue weighted by molar-refractivity contribution is 5.95. The molecular weight excluding hydrogens is 358 g/mol. The van der Waals surface area contributed by atoms with Gasteiger partial charge in [0.2, 0.25) is 5.91 Å². The molecule has 0 radical (unpaired) electrons. The van der Waals surface area contributed by atoms with Gasteiger partial charge in [0.1, 0.15) is 5.56 Å². The molecule has 2 saturated heterocycles. The van der Waals surface area contributed by atoms with Crippen LogP contribution in [0.2, 0.25) is 0 Å². The maximum absolute atomic E-state index is 13.2. The molecule has 1 aliphatic carbocycles. The minimum Gasteiger partial charge on any atom is -0.342 e. The first-order chi connectivity index (χ1) is 13.5. The minimum atomic E-state index is -0.473. The zero-order chi connectivity index (χ0) is 19.5. The Kier molecular flexibility index (Phi) is 3.86. The van der Waals surface area contributed by atoms with Crippen LogP contribution in [0.25, 0.3) is 5.65 Å². The monoisotopic (exact) mass is 383 g/mol. The number of H-pyrrole nitrogens is 1. The van der Waals surface area contributed by atoms with Gasteiger partial charge in [-0.05, 0) is 44.9 Å². The average Bonchev–Trinajstić information content (AvgIpc) is 3.25. The lowest BCUT2D eigenvalue weighted by atomic mass is 9.78. The van der Waals surface area contributed by atoms with Crippen LogP contribution < -0.4 is 5.56 Å². The number of hydrogen-bond acceptors (Lipinski definition) is 4. The average molecular weight is 383 g/mol. The summed E-state index contributed by atoms with van der Waals surface area (Å²) in [6.45, 7) is 4.44. The molecule has 2 aromatic heterocycles. The van der Waals surface area contributed by atoms with Crippen LogP contribution in [-0.2, 0) is 4.79 Å². The van der Waals surface area contributed by atoms with Gasteiger partial charge in [0.25, 0.3) is 11.5 Å². The lowest BCUT2D eigenvalue weighted by Gasteiger charge is -2.39. The van der Waals surface area contributed by atoms with E-state index < -0.39 is 11.0 Å². The fourth-order valence-corrected chi connectivity index (χ4v) is 4.76. The molecule has 1 spiro atoms. The van der Waals surface area contributed by atoms with Crippen LogP contribution in [0.5, 0.6) is 0 Å². The summed E-state index contributed by atoms with van der Waals surface area (Å²) in [5.41, 5.74) is 0.483. The van der Waals surface area contributed by atoms with Crippen molar-refractivity contribution in [2.45, 2.75) is 39.0 Å². The van der Waals surface area contributed by atoms with Crippen molar-refractivity contribution in [2.75, 3.05) is 26.2 Å². The van der Waals surface area contributed by atoms with Crippen molar-refractivity contribution in [3.05, 3.63) is 33.9 Å². The lowest BCUT2D eigenvalue weighted by molar-refractivity contribution is -0.145. The summed E-state index contributed by atoms with van der Waals surface area (Å²) in [6.07, 6.45) is 6.29. The van der Waals surface area contributed by atoms with Crippen LogP contribution in [0.3, 0.4) is 0 Å². The third kappa shape index (κ3) is 2.73. The van der Waals surface area contributed by atoms with Crippen LogP contribution in [-0.4, -0.2) is 62.4 Å². The van der Waals surface area contributed by atoms with E-state index in [4.69, 9.17) is 0 Å². The van der Waals surface area contributed by atoms with Crippen LogP contribution in [0.4, 0.5) is 0 Å². The number of piperidine rings is 1. The summed E-state index contributed by atoms with van der Waals surface area (Å²) in [5.74, 6) is 0.537. The van der Waals surface area contributed by atoms with Gasteiger partial charge in [-0.2, -0.15) is 0 Å². The second-order valence-electron chi connectivity index (χ2n) is 8.66. The minimum absolute atomic E-state index is 0.0505. The molecule has 5 rings (SSSR count). The third-order valence-corrected chi connectivity index (χ3v) is 6.49. The number of fused-ring (bicyclic) bond motifs is 1. The zero-order valence-electron chi connectivity index (χ0n) is 16.1. The van der Waals surface area contributed by atoms with Crippen LogP contribution in [0.1, 0.15) is 48.2 Å². The molecule has 0 aromatic carbocycles. The molecule has 0 bridgehead atoms. The van der Waals surface area contributed by atoms with E-state index in [1.165, 1.54) is 23.6 Å². The summed E-state index contributed by atoms with van der Waals surface area (Å²) in [5, 5.41) is 2.92. The third-order valence-electron chi connectivity index (χ3n) is 6.49. The molecule has 8 nitrogen and oxygen atoms in total. The smallest absolute Gasteiger partial charge is 0.285 e. The van der Waals surface area contributed by atoms with Crippen molar-refractivity contribution in [1.29, 1.82) is 0 Å². The second-order valence-corrected chi connectivity index (χ2v) is 8.66. The van der Waals surface area contributed by atoms with Gasteiger partial charge in [0, 0.05) is 44.1 Å². The van der Waals surface area contributed by atoms with E-state index in [1.807, 2.05) is 11.8 Å². The van der Waals surface area contributed by atoms with Gasteiger partial charge < -0.3 is 9.80 Å². The highest BCUT2D eigenvalue weighted by Crippen LogP contribution is 2.41. The molecule has 0 unspecified atom stereocenters. The maximum atomic E-state index is 13.2. The van der Waals surface area contributed by atoms with Gasteiger partial charge in [0.15, 0.2) is 5.65 Å². The largest absolute Gasteiger partial charge is 0.342 e. The first kappa shape index (κ1) is 17.5. The predicted molar refractivity (Wildman–Crippen MR) is 102 cm³/mol.